The van der Waals surface area contributed by atoms with Gasteiger partial charge in [0.15, 0.2) is 5.58 Å². The third kappa shape index (κ3) is 3.49. The van der Waals surface area contributed by atoms with Gasteiger partial charge in [-0.05, 0) is 45.0 Å². The average molecular weight is 342 g/mol. The van der Waals surface area contributed by atoms with E-state index in [1.165, 1.54) is 0 Å². The molecule has 1 aromatic heterocycles. The first-order valence-corrected chi connectivity index (χ1v) is 9.28. The predicted molar refractivity (Wildman–Crippen MR) is 97.6 cm³/mol. The molecule has 0 saturated carbocycles. The number of rotatable bonds is 2. The highest BCUT2D eigenvalue weighted by molar-refractivity contribution is 5.79. The second kappa shape index (κ2) is 7.04. The fourth-order valence-electron chi connectivity index (χ4n) is 3.84. The molecule has 4 rings (SSSR count). The Morgan fingerprint density at radius 1 is 1.08 bits per heavy atom. The van der Waals surface area contributed by atoms with Gasteiger partial charge in [0.2, 0.25) is 5.91 Å². The van der Waals surface area contributed by atoms with Crippen LogP contribution in [0.15, 0.2) is 28.7 Å². The van der Waals surface area contributed by atoms with Crippen LogP contribution < -0.4 is 4.90 Å². The Labute approximate surface area is 148 Å². The van der Waals surface area contributed by atoms with E-state index >= 15 is 0 Å². The highest BCUT2D eigenvalue weighted by atomic mass is 16.4. The molecule has 0 atom stereocenters. The lowest BCUT2D eigenvalue weighted by atomic mass is 9.95. The third-order valence-electron chi connectivity index (χ3n) is 5.43. The first-order valence-electron chi connectivity index (χ1n) is 9.28. The number of piperidine rings is 1. The standard InChI is InChI=1S/C19H26N4O2/c1-21-9-4-10-22(14-13-21)18(24)15-7-11-23(12-8-15)19-20-16-5-2-3-6-17(16)25-19/h2-3,5-6,15H,4,7-14H2,1H3. The van der Waals surface area contributed by atoms with Crippen LogP contribution in [0, 0.1) is 5.92 Å². The number of aromatic nitrogens is 1. The molecule has 0 aliphatic carbocycles. The van der Waals surface area contributed by atoms with E-state index in [9.17, 15) is 4.79 Å². The molecule has 6 nitrogen and oxygen atoms in total. The van der Waals surface area contributed by atoms with E-state index in [1.54, 1.807) is 0 Å². The van der Waals surface area contributed by atoms with Gasteiger partial charge in [0.05, 0.1) is 0 Å². The first kappa shape index (κ1) is 16.4. The minimum atomic E-state index is 0.143. The molecule has 2 saturated heterocycles. The summed E-state index contributed by atoms with van der Waals surface area (Å²) in [7, 11) is 2.13. The zero-order valence-electron chi connectivity index (χ0n) is 14.9. The van der Waals surface area contributed by atoms with Gasteiger partial charge in [0, 0.05) is 38.6 Å². The van der Waals surface area contributed by atoms with Gasteiger partial charge in [-0.15, -0.1) is 0 Å². The van der Waals surface area contributed by atoms with E-state index in [2.05, 4.69) is 26.7 Å². The smallest absolute Gasteiger partial charge is 0.298 e. The molecule has 1 aromatic carbocycles. The Morgan fingerprint density at radius 3 is 2.68 bits per heavy atom. The third-order valence-corrected chi connectivity index (χ3v) is 5.43. The van der Waals surface area contributed by atoms with Crippen LogP contribution in [0.25, 0.3) is 11.1 Å². The van der Waals surface area contributed by atoms with Crippen molar-refractivity contribution in [3.8, 4) is 0 Å². The number of hydrogen-bond acceptors (Lipinski definition) is 5. The zero-order chi connectivity index (χ0) is 17.2. The number of benzene rings is 1. The van der Waals surface area contributed by atoms with Crippen LogP contribution in [0.4, 0.5) is 6.01 Å². The quantitative estimate of drug-likeness (QED) is 0.837. The van der Waals surface area contributed by atoms with Crippen molar-refractivity contribution in [1.29, 1.82) is 0 Å². The van der Waals surface area contributed by atoms with E-state index in [0.29, 0.717) is 11.9 Å². The lowest BCUT2D eigenvalue weighted by Gasteiger charge is -2.33. The van der Waals surface area contributed by atoms with Gasteiger partial charge in [-0.3, -0.25) is 4.79 Å². The molecule has 0 spiro atoms. The minimum Gasteiger partial charge on any atom is -0.423 e. The molecule has 134 valence electrons. The molecule has 6 heteroatoms. The maximum atomic E-state index is 12.8. The number of nitrogens with zero attached hydrogens (tertiary/aromatic N) is 4. The Bertz CT molecular complexity index is 703. The number of amides is 1. The molecule has 1 amide bonds. The SMILES string of the molecule is CN1CCCN(C(=O)C2CCN(c3nc4ccccc4o3)CC2)CC1. The van der Waals surface area contributed by atoms with Crippen LogP contribution in [0.3, 0.4) is 0 Å². The maximum absolute atomic E-state index is 12.8. The molecule has 0 radical (unpaired) electrons. The number of likely N-dealkylation sites (N-methyl/N-ethyl adjacent to an activating group) is 1. The molecule has 0 N–H and O–H groups in total. The summed E-state index contributed by atoms with van der Waals surface area (Å²) >= 11 is 0. The summed E-state index contributed by atoms with van der Waals surface area (Å²) in [6, 6.07) is 8.52. The van der Waals surface area contributed by atoms with Gasteiger partial charge >= 0.3 is 0 Å². The van der Waals surface area contributed by atoms with Crippen LogP contribution in [-0.2, 0) is 4.79 Å². The lowest BCUT2D eigenvalue weighted by Crippen LogP contribution is -2.43. The van der Waals surface area contributed by atoms with Crippen molar-refractivity contribution in [3.63, 3.8) is 0 Å². The summed E-state index contributed by atoms with van der Waals surface area (Å²) in [5, 5.41) is 0. The van der Waals surface area contributed by atoms with Crippen molar-refractivity contribution in [2.75, 3.05) is 51.2 Å². The Balaban J connectivity index is 1.36. The molecule has 2 aliphatic rings. The van der Waals surface area contributed by atoms with E-state index in [0.717, 1.165) is 69.6 Å². The highest BCUT2D eigenvalue weighted by Crippen LogP contribution is 2.27. The van der Waals surface area contributed by atoms with Crippen molar-refractivity contribution < 1.29 is 9.21 Å². The molecule has 0 bridgehead atoms. The Kier molecular flexibility index (Phi) is 4.61. The zero-order valence-corrected chi connectivity index (χ0v) is 14.9. The van der Waals surface area contributed by atoms with Crippen molar-refractivity contribution >= 4 is 23.0 Å². The van der Waals surface area contributed by atoms with Gasteiger partial charge < -0.3 is 19.1 Å². The number of para-hydroxylation sites is 2. The van der Waals surface area contributed by atoms with E-state index < -0.39 is 0 Å². The lowest BCUT2D eigenvalue weighted by molar-refractivity contribution is -0.136. The minimum absolute atomic E-state index is 0.143. The second-order valence-electron chi connectivity index (χ2n) is 7.21. The molecule has 2 aromatic rings. The predicted octanol–water partition coefficient (Wildman–Crippen LogP) is 2.21. The van der Waals surface area contributed by atoms with E-state index in [4.69, 9.17) is 4.42 Å². The van der Waals surface area contributed by atoms with Gasteiger partial charge in [-0.2, -0.15) is 4.98 Å². The van der Waals surface area contributed by atoms with Gasteiger partial charge in [0.1, 0.15) is 5.52 Å². The van der Waals surface area contributed by atoms with Crippen molar-refractivity contribution in [3.05, 3.63) is 24.3 Å². The van der Waals surface area contributed by atoms with Crippen LogP contribution in [0.2, 0.25) is 0 Å². The maximum Gasteiger partial charge on any atom is 0.298 e. The first-order chi connectivity index (χ1) is 12.2. The summed E-state index contributed by atoms with van der Waals surface area (Å²) in [5.41, 5.74) is 1.72. The monoisotopic (exact) mass is 342 g/mol. The van der Waals surface area contributed by atoms with Crippen molar-refractivity contribution in [2.24, 2.45) is 5.92 Å². The number of carbonyl (C=O) groups excluding carboxylic acids is 1. The van der Waals surface area contributed by atoms with Crippen molar-refractivity contribution in [1.82, 2.24) is 14.8 Å². The van der Waals surface area contributed by atoms with E-state index in [-0.39, 0.29) is 5.92 Å². The molecule has 0 unspecified atom stereocenters. The molecular formula is C19H26N4O2. The highest BCUT2D eigenvalue weighted by Gasteiger charge is 2.30. The molecule has 25 heavy (non-hydrogen) atoms. The van der Waals surface area contributed by atoms with Gasteiger partial charge in [-0.1, -0.05) is 12.1 Å². The fourth-order valence-corrected chi connectivity index (χ4v) is 3.84. The summed E-state index contributed by atoms with van der Waals surface area (Å²) in [5.74, 6) is 0.483. The number of oxazole rings is 1. The molecule has 2 aliphatic heterocycles. The van der Waals surface area contributed by atoms with Crippen molar-refractivity contribution in [2.45, 2.75) is 19.3 Å². The van der Waals surface area contributed by atoms with Crippen LogP contribution in [-0.4, -0.2) is 67.0 Å². The number of hydrogen-bond donors (Lipinski definition) is 0. The van der Waals surface area contributed by atoms with Crippen LogP contribution in [0.5, 0.6) is 0 Å². The molecule has 2 fully saturated rings. The number of fused-ring (bicyclic) bond motifs is 1. The summed E-state index contributed by atoms with van der Waals surface area (Å²) in [6.45, 7) is 5.48. The van der Waals surface area contributed by atoms with Crippen LogP contribution in [0.1, 0.15) is 19.3 Å². The molecule has 3 heterocycles. The largest absolute Gasteiger partial charge is 0.423 e. The topological polar surface area (TPSA) is 52.8 Å². The number of anilines is 1. The van der Waals surface area contributed by atoms with Crippen LogP contribution >= 0.6 is 0 Å². The fraction of sp³-hybridized carbons (Fsp3) is 0.579. The number of carbonyl (C=O) groups is 1. The molecular weight excluding hydrogens is 316 g/mol. The summed E-state index contributed by atoms with van der Waals surface area (Å²) in [6.07, 6.45) is 2.83. The average Bonchev–Trinajstić information content (AvgIpc) is 2.96. The summed E-state index contributed by atoms with van der Waals surface area (Å²) in [4.78, 5) is 24.0. The normalized spacial score (nSPS) is 20.8. The van der Waals surface area contributed by atoms with E-state index in [1.807, 2.05) is 24.3 Å². The van der Waals surface area contributed by atoms with Gasteiger partial charge in [0.25, 0.3) is 6.01 Å². The Morgan fingerprint density at radius 2 is 1.88 bits per heavy atom. The van der Waals surface area contributed by atoms with Gasteiger partial charge in [-0.25, -0.2) is 0 Å². The Hall–Kier alpha value is -2.08. The second-order valence-corrected chi connectivity index (χ2v) is 7.21. The summed E-state index contributed by atoms with van der Waals surface area (Å²) < 4.78 is 5.86.